The van der Waals surface area contributed by atoms with Crippen LogP contribution in [0.2, 0.25) is 0 Å². The Morgan fingerprint density at radius 1 is 1.29 bits per heavy atom. The van der Waals surface area contributed by atoms with Gasteiger partial charge < -0.3 is 6.15 Å². The molecule has 1 atom stereocenters. The smallest absolute Gasteiger partial charge is 0.344 e. The van der Waals surface area contributed by atoms with Gasteiger partial charge in [-0.2, -0.15) is 8.42 Å². The summed E-state index contributed by atoms with van der Waals surface area (Å²) in [6, 6.07) is 7.37. The monoisotopic (exact) mass is 223 g/mol. The Morgan fingerprint density at radius 2 is 1.79 bits per heavy atom. The fraction of sp³-hybridized carbons (Fsp3) is 0.143. The zero-order chi connectivity index (χ0) is 9.90. The fourth-order valence-electron chi connectivity index (χ4n) is 0.767. The van der Waals surface area contributed by atoms with Crippen molar-refractivity contribution in [1.29, 1.82) is 0 Å². The van der Waals surface area contributed by atoms with Crippen LogP contribution in [-0.2, 0) is 14.6 Å². The highest BCUT2D eigenvalue weighted by Crippen LogP contribution is 2.19. The van der Waals surface area contributed by atoms with Gasteiger partial charge >= 0.3 is 10.4 Å². The van der Waals surface area contributed by atoms with E-state index in [2.05, 4.69) is 4.18 Å². The molecule has 0 fully saturated rings. The van der Waals surface area contributed by atoms with Gasteiger partial charge in [-0.15, -0.1) is 0 Å². The first-order valence-corrected chi connectivity index (χ1v) is 4.70. The van der Waals surface area contributed by atoms with Crippen molar-refractivity contribution in [2.45, 2.75) is 6.36 Å². The lowest BCUT2D eigenvalue weighted by Crippen LogP contribution is -2.06. The predicted molar refractivity (Wildman–Crippen MR) is 47.9 cm³/mol. The molecular weight excluding hydrogens is 213 g/mol. The van der Waals surface area contributed by atoms with Gasteiger partial charge in [0.15, 0.2) is 0 Å². The Bertz CT molecular complexity index is 367. The number of halogens is 1. The summed E-state index contributed by atoms with van der Waals surface area (Å²) < 4.78 is 44.9. The zero-order valence-corrected chi connectivity index (χ0v) is 7.95. The minimum atomic E-state index is -4.75. The van der Waals surface area contributed by atoms with Crippen LogP contribution in [0.1, 0.15) is 11.9 Å². The van der Waals surface area contributed by atoms with Crippen molar-refractivity contribution >= 4 is 10.4 Å². The molecule has 0 aliphatic rings. The van der Waals surface area contributed by atoms with E-state index in [0.29, 0.717) is 0 Å². The van der Waals surface area contributed by atoms with Crippen molar-refractivity contribution in [1.82, 2.24) is 6.15 Å². The van der Waals surface area contributed by atoms with Crippen molar-refractivity contribution in [3.63, 3.8) is 0 Å². The van der Waals surface area contributed by atoms with E-state index in [4.69, 9.17) is 4.55 Å². The molecule has 4 N–H and O–H groups in total. The van der Waals surface area contributed by atoms with Crippen LogP contribution in [0.25, 0.3) is 0 Å². The van der Waals surface area contributed by atoms with Gasteiger partial charge in [0.1, 0.15) is 0 Å². The Hall–Kier alpha value is -1.02. The second kappa shape index (κ2) is 5.01. The molecule has 0 saturated carbocycles. The number of hydrogen-bond donors (Lipinski definition) is 2. The van der Waals surface area contributed by atoms with E-state index in [1.165, 1.54) is 24.3 Å². The van der Waals surface area contributed by atoms with Gasteiger partial charge in [-0.1, -0.05) is 30.3 Å². The summed E-state index contributed by atoms with van der Waals surface area (Å²) in [7, 11) is -4.75. The van der Waals surface area contributed by atoms with Crippen LogP contribution < -0.4 is 6.15 Å². The van der Waals surface area contributed by atoms with Crippen LogP contribution in [-0.4, -0.2) is 13.0 Å². The Kier molecular flexibility index (Phi) is 4.64. The first kappa shape index (κ1) is 13.0. The lowest BCUT2D eigenvalue weighted by Gasteiger charge is -2.05. The highest BCUT2D eigenvalue weighted by molar-refractivity contribution is 7.80. The summed E-state index contributed by atoms with van der Waals surface area (Å²) in [5.74, 6) is 0. The van der Waals surface area contributed by atoms with Crippen molar-refractivity contribution < 1.29 is 21.5 Å². The number of rotatable bonds is 3. The SMILES string of the molecule is N.O=S(=O)(O)OC(F)c1ccccc1. The minimum Gasteiger partial charge on any atom is -0.344 e. The Morgan fingerprint density at radius 3 is 2.21 bits per heavy atom. The maximum atomic E-state index is 12.9. The number of hydrogen-bond acceptors (Lipinski definition) is 4. The maximum Gasteiger partial charge on any atom is 0.400 e. The van der Waals surface area contributed by atoms with Crippen LogP contribution >= 0.6 is 0 Å². The van der Waals surface area contributed by atoms with E-state index in [9.17, 15) is 12.8 Å². The zero-order valence-electron chi connectivity index (χ0n) is 7.13. The molecular formula is C7H10FNO4S. The maximum absolute atomic E-state index is 12.9. The molecule has 0 amide bonds. The molecule has 0 radical (unpaired) electrons. The van der Waals surface area contributed by atoms with Crippen LogP contribution in [0.4, 0.5) is 4.39 Å². The summed E-state index contributed by atoms with van der Waals surface area (Å²) in [5, 5.41) is 0. The third-order valence-corrected chi connectivity index (χ3v) is 1.68. The average Bonchev–Trinajstić information content (AvgIpc) is 2.03. The Balaban J connectivity index is 0.00000169. The number of alkyl halides is 1. The van der Waals surface area contributed by atoms with Crippen molar-refractivity contribution in [2.75, 3.05) is 0 Å². The molecule has 1 rings (SSSR count). The molecule has 1 aromatic carbocycles. The van der Waals surface area contributed by atoms with E-state index in [1.807, 2.05) is 0 Å². The summed E-state index contributed by atoms with van der Waals surface area (Å²) in [4.78, 5) is 0. The molecule has 0 heterocycles. The van der Waals surface area contributed by atoms with Gasteiger partial charge in [-0.3, -0.25) is 4.55 Å². The molecule has 0 saturated heterocycles. The summed E-state index contributed by atoms with van der Waals surface area (Å²) >= 11 is 0. The van der Waals surface area contributed by atoms with Gasteiger partial charge in [-0.25, -0.2) is 8.57 Å². The molecule has 5 nitrogen and oxygen atoms in total. The topological polar surface area (TPSA) is 98.6 Å². The van der Waals surface area contributed by atoms with Gasteiger partial charge in [-0.05, 0) is 0 Å². The summed E-state index contributed by atoms with van der Waals surface area (Å²) in [6.07, 6.45) is -2.17. The molecule has 7 heteroatoms. The molecule has 1 aromatic rings. The van der Waals surface area contributed by atoms with Crippen LogP contribution in [0.15, 0.2) is 30.3 Å². The fourth-order valence-corrected chi connectivity index (χ4v) is 1.09. The third kappa shape index (κ3) is 4.28. The van der Waals surface area contributed by atoms with Crippen LogP contribution in [0.5, 0.6) is 0 Å². The van der Waals surface area contributed by atoms with Gasteiger partial charge in [0.25, 0.3) is 0 Å². The molecule has 0 aliphatic heterocycles. The standard InChI is InChI=1S/C7H7FO4S.H3N/c8-7(12-13(9,10)11)6-4-2-1-3-5-6;/h1-5,7H,(H,9,10,11);1H3. The summed E-state index contributed by atoms with van der Waals surface area (Å²) in [6.45, 7) is 0. The third-order valence-electron chi connectivity index (χ3n) is 1.27. The summed E-state index contributed by atoms with van der Waals surface area (Å²) in [5.41, 5.74) is 0.0279. The quantitative estimate of drug-likeness (QED) is 0.759. The van der Waals surface area contributed by atoms with Gasteiger partial charge in [0, 0.05) is 5.56 Å². The molecule has 0 aliphatic carbocycles. The lowest BCUT2D eigenvalue weighted by molar-refractivity contribution is 0.0611. The Labute approximate surface area is 81.0 Å². The van der Waals surface area contributed by atoms with Gasteiger partial charge in [0.05, 0.1) is 0 Å². The van der Waals surface area contributed by atoms with Gasteiger partial charge in [0.2, 0.25) is 6.36 Å². The van der Waals surface area contributed by atoms with Crippen molar-refractivity contribution in [2.24, 2.45) is 0 Å². The second-order valence-corrected chi connectivity index (χ2v) is 3.30. The highest BCUT2D eigenvalue weighted by Gasteiger charge is 2.17. The van der Waals surface area contributed by atoms with Crippen molar-refractivity contribution in [3.05, 3.63) is 35.9 Å². The molecule has 14 heavy (non-hydrogen) atoms. The predicted octanol–water partition coefficient (Wildman–Crippen LogP) is 1.64. The van der Waals surface area contributed by atoms with E-state index in [-0.39, 0.29) is 11.7 Å². The molecule has 80 valence electrons. The molecule has 0 spiro atoms. The van der Waals surface area contributed by atoms with E-state index < -0.39 is 16.8 Å². The first-order valence-electron chi connectivity index (χ1n) is 3.34. The normalized spacial score (nSPS) is 13.0. The number of benzene rings is 1. The largest absolute Gasteiger partial charge is 0.400 e. The second-order valence-electron chi connectivity index (χ2n) is 2.25. The highest BCUT2D eigenvalue weighted by atomic mass is 32.3. The molecule has 0 aromatic heterocycles. The van der Waals surface area contributed by atoms with E-state index in [0.717, 1.165) is 0 Å². The van der Waals surface area contributed by atoms with E-state index >= 15 is 0 Å². The average molecular weight is 223 g/mol. The molecule has 1 unspecified atom stereocenters. The van der Waals surface area contributed by atoms with Crippen LogP contribution in [0.3, 0.4) is 0 Å². The lowest BCUT2D eigenvalue weighted by atomic mass is 10.2. The van der Waals surface area contributed by atoms with Crippen LogP contribution in [0, 0.1) is 0 Å². The first-order chi connectivity index (χ1) is 5.99. The minimum absolute atomic E-state index is 0. The van der Waals surface area contributed by atoms with E-state index in [1.54, 1.807) is 6.07 Å². The molecule has 0 bridgehead atoms. The van der Waals surface area contributed by atoms with Crippen molar-refractivity contribution in [3.8, 4) is 0 Å².